The van der Waals surface area contributed by atoms with E-state index in [4.69, 9.17) is 0 Å². The van der Waals surface area contributed by atoms with Gasteiger partial charge >= 0.3 is 0 Å². The van der Waals surface area contributed by atoms with Crippen LogP contribution in [0.2, 0.25) is 0 Å². The van der Waals surface area contributed by atoms with Gasteiger partial charge in [0.25, 0.3) is 0 Å². The molecule has 0 fully saturated rings. The van der Waals surface area contributed by atoms with E-state index in [1.807, 2.05) is 44.2 Å². The van der Waals surface area contributed by atoms with Crippen molar-refractivity contribution in [1.82, 2.24) is 0 Å². The molecule has 3 aliphatic rings. The lowest BCUT2D eigenvalue weighted by Gasteiger charge is -2.31. The molecule has 1 unspecified atom stereocenters. The van der Waals surface area contributed by atoms with Gasteiger partial charge in [0.2, 0.25) is 0 Å². The number of fused-ring (bicyclic) bond motifs is 14. The fraction of sp³-hybridized carbons (Fsp3) is 0.0545. The lowest BCUT2D eigenvalue weighted by Crippen LogP contribution is -2.26. The van der Waals surface area contributed by atoms with Crippen molar-refractivity contribution >= 4 is 16.3 Å². The predicted molar refractivity (Wildman–Crippen MR) is 237 cm³/mol. The number of benzene rings is 6. The third kappa shape index (κ3) is 4.99. The van der Waals surface area contributed by atoms with E-state index in [-0.39, 0.29) is 0 Å². The summed E-state index contributed by atoms with van der Waals surface area (Å²) in [5, 5.41) is 2.69. The lowest BCUT2D eigenvalue weighted by molar-refractivity contribution is 0.794. The third-order valence-electron chi connectivity index (χ3n) is 11.6. The number of hydrogen-bond donors (Lipinski definition) is 0. The van der Waals surface area contributed by atoms with E-state index in [0.29, 0.717) is 0 Å². The van der Waals surface area contributed by atoms with E-state index in [1.165, 1.54) is 77.5 Å². The summed E-state index contributed by atoms with van der Waals surface area (Å²) < 4.78 is 0. The van der Waals surface area contributed by atoms with Crippen molar-refractivity contribution in [2.45, 2.75) is 19.3 Å². The maximum atomic E-state index is 4.40. The smallest absolute Gasteiger partial charge is 0.0725 e. The molecule has 3 aliphatic carbocycles. The fourth-order valence-corrected chi connectivity index (χ4v) is 9.41. The van der Waals surface area contributed by atoms with Crippen LogP contribution < -0.4 is 0 Å². The minimum Gasteiger partial charge on any atom is -0.0990 e. The van der Waals surface area contributed by atoms with E-state index in [9.17, 15) is 0 Å². The Kier molecular flexibility index (Phi) is 8.40. The first-order chi connectivity index (χ1) is 27.1. The molecule has 55 heavy (non-hydrogen) atoms. The summed E-state index contributed by atoms with van der Waals surface area (Å²) in [5.74, 6) is 0. The molecule has 9 rings (SSSR count). The molecule has 0 aliphatic heterocycles. The fourth-order valence-electron chi connectivity index (χ4n) is 9.41. The predicted octanol–water partition coefficient (Wildman–Crippen LogP) is 14.7. The first-order valence-corrected chi connectivity index (χ1v) is 19.1. The van der Waals surface area contributed by atoms with E-state index in [1.54, 1.807) is 0 Å². The molecule has 0 aromatic heterocycles. The Bertz CT molecular complexity index is 2820. The zero-order chi connectivity index (χ0) is 37.7. The molecule has 0 saturated carbocycles. The van der Waals surface area contributed by atoms with Crippen LogP contribution in [0.1, 0.15) is 41.7 Å². The van der Waals surface area contributed by atoms with Crippen molar-refractivity contribution in [1.29, 1.82) is 0 Å². The molecule has 0 heterocycles. The SMILES string of the molecule is C=C/C=C(\C=C/C)C(=C\C(=C/C=C/C=C\C)c1ccc2c(c1)-c1ccccc1C21c2ccccc2-c2c1cc1c3c(cccc23)-c2ccccc2-1)/C(=C)C=C. The van der Waals surface area contributed by atoms with Crippen LogP contribution in [-0.4, -0.2) is 0 Å². The summed E-state index contributed by atoms with van der Waals surface area (Å²) in [6.07, 6.45) is 22.5. The third-order valence-corrected chi connectivity index (χ3v) is 11.6. The van der Waals surface area contributed by atoms with E-state index in [2.05, 4.69) is 171 Å². The summed E-state index contributed by atoms with van der Waals surface area (Å²) in [4.78, 5) is 0. The first kappa shape index (κ1) is 34.0. The highest BCUT2D eigenvalue weighted by atomic mass is 14.5. The monoisotopic (exact) mass is 702 g/mol. The quantitative estimate of drug-likeness (QED) is 0.131. The van der Waals surface area contributed by atoms with Crippen LogP contribution >= 0.6 is 0 Å². The average molecular weight is 703 g/mol. The van der Waals surface area contributed by atoms with Crippen molar-refractivity contribution < 1.29 is 0 Å². The minimum atomic E-state index is -0.464. The van der Waals surface area contributed by atoms with E-state index < -0.39 is 5.41 Å². The molecule has 262 valence electrons. The molecule has 0 bridgehead atoms. The van der Waals surface area contributed by atoms with Crippen molar-refractivity contribution in [2.75, 3.05) is 0 Å². The molecule has 1 spiro atoms. The largest absolute Gasteiger partial charge is 0.0990 e. The molecule has 0 nitrogen and oxygen atoms in total. The number of hydrogen-bond acceptors (Lipinski definition) is 0. The second-order valence-electron chi connectivity index (χ2n) is 14.4. The molecule has 1 atom stereocenters. The average Bonchev–Trinajstić information content (AvgIpc) is 3.83. The van der Waals surface area contributed by atoms with Gasteiger partial charge in [0.05, 0.1) is 5.41 Å². The molecule has 0 N–H and O–H groups in total. The van der Waals surface area contributed by atoms with Gasteiger partial charge < -0.3 is 0 Å². The molecule has 0 heteroatoms. The maximum absolute atomic E-state index is 4.40. The summed E-state index contributed by atoms with van der Waals surface area (Å²) >= 11 is 0. The van der Waals surface area contributed by atoms with Crippen molar-refractivity contribution in [2.24, 2.45) is 0 Å². The van der Waals surface area contributed by atoms with Gasteiger partial charge in [-0.15, -0.1) is 0 Å². The Balaban J connectivity index is 1.33. The van der Waals surface area contributed by atoms with Crippen LogP contribution in [0.3, 0.4) is 0 Å². The summed E-state index contributed by atoms with van der Waals surface area (Å²) in [6.45, 7) is 16.5. The standard InChI is InChI=1S/C55H42/c1-6-10-11-12-22-38(33-46(36(5)9-4)37(20-7-2)21-8-3)39-31-32-51-47(34-39)42-25-15-17-29-49(42)55(51)50-30-18-16-26-44(50)54-45-28-19-27-43-40-23-13-14-24-41(40)48(53(43)45)35-52(54)55/h6-35H,2,4-5H2,1,3H3/b10-6-,12-11+,21-8-,37-20+,38-22+,46-33-. The topological polar surface area (TPSA) is 0 Å². The van der Waals surface area contributed by atoms with Gasteiger partial charge in [-0.05, 0) is 137 Å². The van der Waals surface area contributed by atoms with Gasteiger partial charge in [-0.25, -0.2) is 0 Å². The van der Waals surface area contributed by atoms with E-state index >= 15 is 0 Å². The van der Waals surface area contributed by atoms with Crippen molar-refractivity contribution in [3.8, 4) is 44.5 Å². The first-order valence-electron chi connectivity index (χ1n) is 19.1. The Morgan fingerprint density at radius 2 is 1.24 bits per heavy atom. The summed E-state index contributed by atoms with van der Waals surface area (Å²) in [7, 11) is 0. The Hall–Kier alpha value is -6.76. The van der Waals surface area contributed by atoms with Gasteiger partial charge in [0.15, 0.2) is 0 Å². The minimum absolute atomic E-state index is 0.464. The Morgan fingerprint density at radius 3 is 1.96 bits per heavy atom. The molecule has 0 radical (unpaired) electrons. The molecule has 6 aromatic rings. The number of rotatable bonds is 9. The Morgan fingerprint density at radius 1 is 0.564 bits per heavy atom. The van der Waals surface area contributed by atoms with Crippen LogP contribution in [0.4, 0.5) is 0 Å². The zero-order valence-corrected chi connectivity index (χ0v) is 31.4. The summed E-state index contributed by atoms with van der Waals surface area (Å²) in [5.41, 5.74) is 20.5. The highest BCUT2D eigenvalue weighted by Gasteiger charge is 2.52. The van der Waals surface area contributed by atoms with Gasteiger partial charge in [0, 0.05) is 0 Å². The molecule has 0 amide bonds. The van der Waals surface area contributed by atoms with Gasteiger partial charge in [-0.1, -0.05) is 184 Å². The lowest BCUT2D eigenvalue weighted by atomic mass is 9.70. The van der Waals surface area contributed by atoms with Crippen molar-refractivity contribution in [3.63, 3.8) is 0 Å². The van der Waals surface area contributed by atoms with Gasteiger partial charge in [0.1, 0.15) is 0 Å². The van der Waals surface area contributed by atoms with Gasteiger partial charge in [-0.3, -0.25) is 0 Å². The van der Waals surface area contributed by atoms with Crippen LogP contribution in [-0.2, 0) is 5.41 Å². The highest BCUT2D eigenvalue weighted by Crippen LogP contribution is 2.65. The maximum Gasteiger partial charge on any atom is 0.0725 e. The summed E-state index contributed by atoms with van der Waals surface area (Å²) in [6, 6.07) is 43.6. The van der Waals surface area contributed by atoms with Gasteiger partial charge in [-0.2, -0.15) is 0 Å². The Labute approximate surface area is 325 Å². The molecule has 6 aromatic carbocycles. The highest BCUT2D eigenvalue weighted by molar-refractivity contribution is 6.21. The normalized spacial score (nSPS) is 16.6. The second kappa shape index (κ2) is 13.6. The van der Waals surface area contributed by atoms with Crippen LogP contribution in [0.5, 0.6) is 0 Å². The zero-order valence-electron chi connectivity index (χ0n) is 31.4. The molecular weight excluding hydrogens is 661 g/mol. The van der Waals surface area contributed by atoms with E-state index in [0.717, 1.165) is 27.9 Å². The van der Waals surface area contributed by atoms with Crippen LogP contribution in [0.25, 0.3) is 60.9 Å². The van der Waals surface area contributed by atoms with Crippen molar-refractivity contribution in [3.05, 3.63) is 246 Å². The number of allylic oxidation sites excluding steroid dienone is 15. The molecular formula is C55H42. The second-order valence-corrected chi connectivity index (χ2v) is 14.4. The molecule has 0 saturated heterocycles. The van der Waals surface area contributed by atoms with Crippen LogP contribution in [0.15, 0.2) is 219 Å². The van der Waals surface area contributed by atoms with Crippen LogP contribution in [0, 0.1) is 0 Å².